The number of aromatic nitrogens is 1. The Labute approximate surface area is 128 Å². The summed E-state index contributed by atoms with van der Waals surface area (Å²) in [5.41, 5.74) is 1.01. The highest BCUT2D eigenvalue weighted by atomic mass is 127. The molecule has 0 aliphatic carbocycles. The van der Waals surface area contributed by atoms with Crippen LogP contribution in [-0.4, -0.2) is 37.5 Å². The Bertz CT molecular complexity index is 407. The number of rotatable bonds is 4. The zero-order valence-corrected chi connectivity index (χ0v) is 13.8. The van der Waals surface area contributed by atoms with Crippen molar-refractivity contribution in [2.24, 2.45) is 4.99 Å². The second-order valence-corrected chi connectivity index (χ2v) is 4.28. The van der Waals surface area contributed by atoms with E-state index in [4.69, 9.17) is 0 Å². The molecule has 1 aromatic heterocycles. The fourth-order valence-electron chi connectivity index (χ4n) is 1.12. The van der Waals surface area contributed by atoms with Gasteiger partial charge in [-0.15, -0.1) is 35.3 Å². The van der Waals surface area contributed by atoms with Crippen molar-refractivity contribution in [3.8, 4) is 0 Å². The zero-order chi connectivity index (χ0) is 12.7. The molecular formula is C10H18IN5OS. The molecule has 0 aromatic carbocycles. The molecule has 0 fully saturated rings. The molecule has 1 amide bonds. The standard InChI is InChI=1S/C10H17N5OS.HI/c1-7-6-17-9(15-7)5-14-10(12-3)13-4-8(16)11-2;/h6H,4-5H2,1-3H3,(H,11,16)(H2,12,13,14);1H. The van der Waals surface area contributed by atoms with Crippen LogP contribution in [0, 0.1) is 6.92 Å². The van der Waals surface area contributed by atoms with Crippen LogP contribution in [0.5, 0.6) is 0 Å². The molecule has 18 heavy (non-hydrogen) atoms. The summed E-state index contributed by atoms with van der Waals surface area (Å²) < 4.78 is 0. The normalized spacial score (nSPS) is 10.5. The molecule has 0 aliphatic rings. The minimum atomic E-state index is -0.0851. The van der Waals surface area contributed by atoms with Crippen LogP contribution in [0.25, 0.3) is 0 Å². The number of carbonyl (C=O) groups is 1. The Morgan fingerprint density at radius 2 is 2.22 bits per heavy atom. The number of hydrogen-bond acceptors (Lipinski definition) is 4. The van der Waals surface area contributed by atoms with E-state index in [1.807, 2.05) is 12.3 Å². The maximum absolute atomic E-state index is 11.0. The predicted octanol–water partition coefficient (Wildman–Crippen LogP) is 0.481. The summed E-state index contributed by atoms with van der Waals surface area (Å²) in [5, 5.41) is 11.5. The number of aryl methyl sites for hydroxylation is 1. The summed E-state index contributed by atoms with van der Waals surface area (Å²) in [7, 11) is 3.25. The van der Waals surface area contributed by atoms with Gasteiger partial charge in [-0.05, 0) is 6.92 Å². The van der Waals surface area contributed by atoms with Crippen molar-refractivity contribution in [2.75, 3.05) is 20.6 Å². The Kier molecular flexibility index (Phi) is 8.63. The molecule has 0 unspecified atom stereocenters. The number of nitrogens with zero attached hydrogens (tertiary/aromatic N) is 2. The highest BCUT2D eigenvalue weighted by molar-refractivity contribution is 14.0. The van der Waals surface area contributed by atoms with Crippen LogP contribution in [0.3, 0.4) is 0 Å². The highest BCUT2D eigenvalue weighted by Gasteiger charge is 2.03. The number of carbonyl (C=O) groups excluding carboxylic acids is 1. The van der Waals surface area contributed by atoms with Gasteiger partial charge in [0.2, 0.25) is 5.91 Å². The van der Waals surface area contributed by atoms with Crippen molar-refractivity contribution >= 4 is 47.2 Å². The molecule has 102 valence electrons. The second kappa shape index (κ2) is 9.09. The van der Waals surface area contributed by atoms with Gasteiger partial charge in [-0.2, -0.15) is 0 Å². The van der Waals surface area contributed by atoms with E-state index in [0.29, 0.717) is 12.5 Å². The first kappa shape index (κ1) is 17.1. The lowest BCUT2D eigenvalue weighted by Crippen LogP contribution is -2.42. The largest absolute Gasteiger partial charge is 0.358 e. The third kappa shape index (κ3) is 6.15. The number of nitrogens with one attached hydrogen (secondary N) is 3. The molecule has 0 saturated heterocycles. The van der Waals surface area contributed by atoms with Crippen LogP contribution in [0.15, 0.2) is 10.4 Å². The minimum Gasteiger partial charge on any atom is -0.358 e. The van der Waals surface area contributed by atoms with E-state index in [9.17, 15) is 4.79 Å². The number of amides is 1. The lowest BCUT2D eigenvalue weighted by Gasteiger charge is -2.09. The van der Waals surface area contributed by atoms with Crippen LogP contribution in [-0.2, 0) is 11.3 Å². The van der Waals surface area contributed by atoms with Gasteiger partial charge in [0, 0.05) is 25.2 Å². The van der Waals surface area contributed by atoms with Gasteiger partial charge in [-0.3, -0.25) is 9.79 Å². The fraction of sp³-hybridized carbons (Fsp3) is 0.500. The van der Waals surface area contributed by atoms with Crippen molar-refractivity contribution in [1.82, 2.24) is 20.9 Å². The number of likely N-dealkylation sites (N-methyl/N-ethyl adjacent to an activating group) is 1. The van der Waals surface area contributed by atoms with Crippen molar-refractivity contribution in [3.05, 3.63) is 16.1 Å². The lowest BCUT2D eigenvalue weighted by molar-refractivity contribution is -0.119. The molecule has 1 heterocycles. The number of guanidine groups is 1. The predicted molar refractivity (Wildman–Crippen MR) is 84.5 cm³/mol. The fourth-order valence-corrected chi connectivity index (χ4v) is 1.83. The van der Waals surface area contributed by atoms with Gasteiger partial charge < -0.3 is 16.0 Å². The van der Waals surface area contributed by atoms with Crippen LogP contribution in [0.4, 0.5) is 0 Å². The van der Waals surface area contributed by atoms with Gasteiger partial charge in [0.25, 0.3) is 0 Å². The summed E-state index contributed by atoms with van der Waals surface area (Å²) in [6.45, 7) is 2.76. The van der Waals surface area contributed by atoms with Gasteiger partial charge in [0.15, 0.2) is 5.96 Å². The highest BCUT2D eigenvalue weighted by Crippen LogP contribution is 2.07. The van der Waals surface area contributed by atoms with Crippen molar-refractivity contribution in [2.45, 2.75) is 13.5 Å². The van der Waals surface area contributed by atoms with E-state index in [1.165, 1.54) is 0 Å². The first-order chi connectivity index (χ1) is 8.15. The van der Waals surface area contributed by atoms with Gasteiger partial charge in [0.1, 0.15) is 5.01 Å². The molecule has 0 radical (unpaired) electrons. The van der Waals surface area contributed by atoms with Crippen molar-refractivity contribution in [1.29, 1.82) is 0 Å². The summed E-state index contributed by atoms with van der Waals surface area (Å²) in [4.78, 5) is 19.4. The molecule has 1 aromatic rings. The number of halogens is 1. The monoisotopic (exact) mass is 383 g/mol. The topological polar surface area (TPSA) is 78.4 Å². The molecular weight excluding hydrogens is 365 g/mol. The first-order valence-corrected chi connectivity index (χ1v) is 6.09. The molecule has 0 bridgehead atoms. The number of hydrogen-bond donors (Lipinski definition) is 3. The summed E-state index contributed by atoms with van der Waals surface area (Å²) >= 11 is 1.60. The lowest BCUT2D eigenvalue weighted by atomic mass is 10.5. The van der Waals surface area contributed by atoms with E-state index >= 15 is 0 Å². The van der Waals surface area contributed by atoms with E-state index < -0.39 is 0 Å². The van der Waals surface area contributed by atoms with Gasteiger partial charge in [0.05, 0.1) is 13.1 Å². The average molecular weight is 383 g/mol. The summed E-state index contributed by atoms with van der Waals surface area (Å²) in [5.74, 6) is 0.500. The Balaban J connectivity index is 0.00000289. The summed E-state index contributed by atoms with van der Waals surface area (Å²) in [6, 6.07) is 0. The minimum absolute atomic E-state index is 0. The molecule has 1 rings (SSSR count). The van der Waals surface area contributed by atoms with Crippen LogP contribution in [0.1, 0.15) is 10.7 Å². The van der Waals surface area contributed by atoms with Crippen molar-refractivity contribution in [3.63, 3.8) is 0 Å². The Morgan fingerprint density at radius 1 is 1.50 bits per heavy atom. The van der Waals surface area contributed by atoms with E-state index in [2.05, 4.69) is 25.9 Å². The molecule has 6 nitrogen and oxygen atoms in total. The third-order valence-corrected chi connectivity index (χ3v) is 2.96. The quantitative estimate of drug-likeness (QED) is 0.402. The first-order valence-electron chi connectivity index (χ1n) is 5.21. The molecule has 0 saturated carbocycles. The zero-order valence-electron chi connectivity index (χ0n) is 10.6. The SMILES string of the molecule is CN=C(NCC(=O)NC)NCc1nc(C)cs1.I. The third-order valence-electron chi connectivity index (χ3n) is 1.99. The van der Waals surface area contributed by atoms with Crippen LogP contribution in [0.2, 0.25) is 0 Å². The van der Waals surface area contributed by atoms with Crippen LogP contribution >= 0.6 is 35.3 Å². The summed E-state index contributed by atoms with van der Waals surface area (Å²) in [6.07, 6.45) is 0. The van der Waals surface area contributed by atoms with E-state index in [-0.39, 0.29) is 36.4 Å². The molecule has 3 N–H and O–H groups in total. The molecule has 0 spiro atoms. The molecule has 0 atom stereocenters. The maximum Gasteiger partial charge on any atom is 0.239 e. The number of thiazole rings is 1. The molecule has 0 aliphatic heterocycles. The van der Waals surface area contributed by atoms with Gasteiger partial charge in [-0.25, -0.2) is 4.98 Å². The molecule has 8 heteroatoms. The number of aliphatic imine (C=N–C) groups is 1. The van der Waals surface area contributed by atoms with Gasteiger partial charge >= 0.3 is 0 Å². The van der Waals surface area contributed by atoms with E-state index in [1.54, 1.807) is 25.4 Å². The smallest absolute Gasteiger partial charge is 0.239 e. The second-order valence-electron chi connectivity index (χ2n) is 3.34. The van der Waals surface area contributed by atoms with Crippen LogP contribution < -0.4 is 16.0 Å². The Morgan fingerprint density at radius 3 is 2.72 bits per heavy atom. The Hall–Kier alpha value is -0.900. The van der Waals surface area contributed by atoms with Crippen molar-refractivity contribution < 1.29 is 4.79 Å². The van der Waals surface area contributed by atoms with E-state index in [0.717, 1.165) is 10.7 Å². The van der Waals surface area contributed by atoms with Gasteiger partial charge in [-0.1, -0.05) is 0 Å². The maximum atomic E-state index is 11.0. The average Bonchev–Trinajstić information content (AvgIpc) is 2.75.